The second-order valence-electron chi connectivity index (χ2n) is 3.37. The highest BCUT2D eigenvalue weighted by Crippen LogP contribution is 2.22. The average molecular weight is 255 g/mol. The Labute approximate surface area is 103 Å². The maximum atomic E-state index is 10.9. The number of aromatic nitrogens is 2. The maximum absolute atomic E-state index is 10.9. The van der Waals surface area contributed by atoms with Crippen LogP contribution in [0.5, 0.6) is 0 Å². The molecule has 0 saturated heterocycles. The molecule has 0 aliphatic carbocycles. The van der Waals surface area contributed by atoms with Crippen molar-refractivity contribution in [3.63, 3.8) is 0 Å². The summed E-state index contributed by atoms with van der Waals surface area (Å²) in [7, 11) is 0. The molecule has 3 nitrogen and oxygen atoms in total. The van der Waals surface area contributed by atoms with Gasteiger partial charge in [-0.25, -0.2) is 4.68 Å². The molecule has 0 bridgehead atoms. The van der Waals surface area contributed by atoms with Gasteiger partial charge in [-0.3, -0.25) is 4.79 Å². The zero-order valence-electron chi connectivity index (χ0n) is 8.45. The minimum absolute atomic E-state index is 0.498. The van der Waals surface area contributed by atoms with Crippen LogP contribution in [-0.2, 0) is 0 Å². The van der Waals surface area contributed by atoms with Crippen molar-refractivity contribution < 1.29 is 4.79 Å². The van der Waals surface area contributed by atoms with Crippen LogP contribution in [0.25, 0.3) is 5.69 Å². The number of benzene rings is 1. The maximum Gasteiger partial charge on any atom is 0.168 e. The molecule has 0 radical (unpaired) electrons. The van der Waals surface area contributed by atoms with Crippen LogP contribution in [0.1, 0.15) is 16.1 Å². The molecule has 1 heterocycles. The first-order valence-corrected chi connectivity index (χ1v) is 5.33. The molecule has 82 valence electrons. The van der Waals surface area contributed by atoms with Crippen molar-refractivity contribution in [2.45, 2.75) is 6.92 Å². The van der Waals surface area contributed by atoms with E-state index in [-0.39, 0.29) is 0 Å². The van der Waals surface area contributed by atoms with Gasteiger partial charge in [0.2, 0.25) is 0 Å². The Hall–Kier alpha value is -1.32. The molecule has 0 aliphatic heterocycles. The van der Waals surface area contributed by atoms with E-state index in [2.05, 4.69) is 5.10 Å². The SMILES string of the molecule is Cc1cnn(-c2cc(Cl)cc(Cl)c2)c1C=O. The summed E-state index contributed by atoms with van der Waals surface area (Å²) in [6, 6.07) is 5.03. The molecule has 0 atom stereocenters. The minimum Gasteiger partial charge on any atom is -0.296 e. The molecule has 2 rings (SSSR count). The monoisotopic (exact) mass is 254 g/mol. The Morgan fingerprint density at radius 1 is 1.25 bits per heavy atom. The molecule has 5 heteroatoms. The minimum atomic E-state index is 0.498. The van der Waals surface area contributed by atoms with Crippen LogP contribution in [0, 0.1) is 6.92 Å². The smallest absolute Gasteiger partial charge is 0.168 e. The molecule has 0 fully saturated rings. The molecule has 1 aromatic carbocycles. The lowest BCUT2D eigenvalue weighted by Gasteiger charge is -2.05. The number of nitrogens with zero attached hydrogens (tertiary/aromatic N) is 2. The van der Waals surface area contributed by atoms with Crippen molar-refractivity contribution in [3.05, 3.63) is 45.7 Å². The van der Waals surface area contributed by atoms with Crippen molar-refractivity contribution in [1.29, 1.82) is 0 Å². The first-order valence-electron chi connectivity index (χ1n) is 4.58. The first-order chi connectivity index (χ1) is 7.61. The van der Waals surface area contributed by atoms with Crippen LogP contribution >= 0.6 is 23.2 Å². The number of halogens is 2. The van der Waals surface area contributed by atoms with Crippen molar-refractivity contribution in [2.75, 3.05) is 0 Å². The van der Waals surface area contributed by atoms with E-state index in [1.54, 1.807) is 24.4 Å². The summed E-state index contributed by atoms with van der Waals surface area (Å²) in [6.45, 7) is 1.82. The molecule has 0 amide bonds. The molecule has 0 unspecified atom stereocenters. The molecular weight excluding hydrogens is 247 g/mol. The zero-order chi connectivity index (χ0) is 11.7. The number of hydrogen-bond acceptors (Lipinski definition) is 2. The van der Waals surface area contributed by atoms with Crippen LogP contribution in [0.3, 0.4) is 0 Å². The summed E-state index contributed by atoms with van der Waals surface area (Å²) in [5, 5.41) is 5.12. The third kappa shape index (κ3) is 1.96. The number of aryl methyl sites for hydroxylation is 1. The lowest BCUT2D eigenvalue weighted by atomic mass is 10.2. The Bertz CT molecular complexity index is 529. The van der Waals surface area contributed by atoms with Crippen molar-refractivity contribution in [3.8, 4) is 5.69 Å². The molecule has 2 aromatic rings. The average Bonchev–Trinajstić information content (AvgIpc) is 2.58. The van der Waals surface area contributed by atoms with Gasteiger partial charge in [0.05, 0.1) is 11.9 Å². The highest BCUT2D eigenvalue weighted by Gasteiger charge is 2.09. The number of rotatable bonds is 2. The van der Waals surface area contributed by atoms with Gasteiger partial charge in [0.15, 0.2) is 6.29 Å². The fraction of sp³-hybridized carbons (Fsp3) is 0.0909. The van der Waals surface area contributed by atoms with Crippen LogP contribution < -0.4 is 0 Å². The van der Waals surface area contributed by atoms with Crippen molar-refractivity contribution >= 4 is 29.5 Å². The van der Waals surface area contributed by atoms with Crippen molar-refractivity contribution in [2.24, 2.45) is 0 Å². The predicted molar refractivity (Wildman–Crippen MR) is 63.7 cm³/mol. The summed E-state index contributed by atoms with van der Waals surface area (Å²) in [6.07, 6.45) is 2.38. The second kappa shape index (κ2) is 4.28. The van der Waals surface area contributed by atoms with E-state index in [9.17, 15) is 4.79 Å². The van der Waals surface area contributed by atoms with E-state index in [0.29, 0.717) is 21.4 Å². The summed E-state index contributed by atoms with van der Waals surface area (Å²) >= 11 is 11.8. The lowest BCUT2D eigenvalue weighted by Crippen LogP contribution is -2.01. The van der Waals surface area contributed by atoms with Gasteiger partial charge in [-0.1, -0.05) is 23.2 Å². The van der Waals surface area contributed by atoms with Gasteiger partial charge in [-0.15, -0.1) is 0 Å². The zero-order valence-corrected chi connectivity index (χ0v) is 9.96. The molecule has 0 N–H and O–H groups in total. The van der Waals surface area contributed by atoms with Gasteiger partial charge in [0.25, 0.3) is 0 Å². The van der Waals surface area contributed by atoms with E-state index < -0.39 is 0 Å². The Kier molecular flexibility index (Phi) is 2.99. The first kappa shape index (κ1) is 11.2. The quantitative estimate of drug-likeness (QED) is 0.771. The van der Waals surface area contributed by atoms with E-state index in [4.69, 9.17) is 23.2 Å². The van der Waals surface area contributed by atoms with Gasteiger partial charge in [-0.2, -0.15) is 5.10 Å². The lowest BCUT2D eigenvalue weighted by molar-refractivity contribution is 0.111. The Morgan fingerprint density at radius 2 is 1.88 bits per heavy atom. The van der Waals surface area contributed by atoms with E-state index in [1.165, 1.54) is 4.68 Å². The second-order valence-corrected chi connectivity index (χ2v) is 4.24. The van der Waals surface area contributed by atoms with Crippen LogP contribution in [0.4, 0.5) is 0 Å². The Morgan fingerprint density at radius 3 is 2.44 bits per heavy atom. The Balaban J connectivity index is 2.62. The highest BCUT2D eigenvalue weighted by molar-refractivity contribution is 6.34. The van der Waals surface area contributed by atoms with Gasteiger partial charge in [0, 0.05) is 10.0 Å². The normalized spacial score (nSPS) is 10.4. The largest absolute Gasteiger partial charge is 0.296 e. The molecule has 0 aliphatic rings. The molecular formula is C11H8Cl2N2O. The number of hydrogen-bond donors (Lipinski definition) is 0. The molecule has 0 saturated carbocycles. The van der Waals surface area contributed by atoms with E-state index in [0.717, 1.165) is 11.8 Å². The van der Waals surface area contributed by atoms with Gasteiger partial charge in [0.1, 0.15) is 5.69 Å². The molecule has 0 spiro atoms. The fourth-order valence-corrected chi connectivity index (χ4v) is 1.96. The third-order valence-electron chi connectivity index (χ3n) is 2.20. The van der Waals surface area contributed by atoms with E-state index in [1.807, 2.05) is 6.92 Å². The van der Waals surface area contributed by atoms with Crippen LogP contribution in [0.15, 0.2) is 24.4 Å². The number of carbonyl (C=O) groups excluding carboxylic acids is 1. The van der Waals surface area contributed by atoms with Crippen LogP contribution in [0.2, 0.25) is 10.0 Å². The fourth-order valence-electron chi connectivity index (χ4n) is 1.45. The highest BCUT2D eigenvalue weighted by atomic mass is 35.5. The van der Waals surface area contributed by atoms with Gasteiger partial charge < -0.3 is 0 Å². The topological polar surface area (TPSA) is 34.9 Å². The third-order valence-corrected chi connectivity index (χ3v) is 2.64. The summed E-state index contributed by atoms with van der Waals surface area (Å²) in [4.78, 5) is 10.9. The van der Waals surface area contributed by atoms with Crippen LogP contribution in [-0.4, -0.2) is 16.1 Å². The van der Waals surface area contributed by atoms with Gasteiger partial charge in [-0.05, 0) is 30.7 Å². The predicted octanol–water partition coefficient (Wildman–Crippen LogP) is 3.30. The van der Waals surface area contributed by atoms with Gasteiger partial charge >= 0.3 is 0 Å². The van der Waals surface area contributed by atoms with Crippen molar-refractivity contribution in [1.82, 2.24) is 9.78 Å². The number of carbonyl (C=O) groups is 1. The number of aldehydes is 1. The summed E-state index contributed by atoms with van der Waals surface area (Å²) in [5.41, 5.74) is 1.98. The molecule has 16 heavy (non-hydrogen) atoms. The summed E-state index contributed by atoms with van der Waals surface area (Å²) < 4.78 is 1.51. The van der Waals surface area contributed by atoms with E-state index >= 15 is 0 Å². The molecule has 1 aromatic heterocycles. The summed E-state index contributed by atoms with van der Waals surface area (Å²) in [5.74, 6) is 0. The standard InChI is InChI=1S/C11H8Cl2N2O/c1-7-5-14-15(11(7)6-16)10-3-8(12)2-9(13)4-10/h2-6H,1H3.